The van der Waals surface area contributed by atoms with E-state index in [9.17, 15) is 5.11 Å². The topological polar surface area (TPSA) is 33.1 Å². The molecule has 2 nitrogen and oxygen atoms in total. The van der Waals surface area contributed by atoms with Crippen LogP contribution in [0.5, 0.6) is 0 Å². The van der Waals surface area contributed by atoms with Crippen LogP contribution in [0.4, 0.5) is 0 Å². The molecule has 0 aliphatic rings. The van der Waals surface area contributed by atoms with Crippen LogP contribution in [-0.2, 0) is 6.42 Å². The third-order valence-electron chi connectivity index (χ3n) is 2.42. The Morgan fingerprint density at radius 3 is 2.82 bits per heavy atom. The van der Waals surface area contributed by atoms with E-state index < -0.39 is 6.10 Å². The molecule has 1 heterocycles. The number of hydrogen-bond acceptors (Lipinski definition) is 2. The molecule has 0 bridgehead atoms. The van der Waals surface area contributed by atoms with Crippen molar-refractivity contribution in [2.24, 2.45) is 0 Å². The molecule has 0 aliphatic carbocycles. The van der Waals surface area contributed by atoms with Crippen LogP contribution in [0.15, 0.2) is 47.2 Å². The minimum absolute atomic E-state index is 0.521. The number of aliphatic hydroxyl groups is 1. The van der Waals surface area contributed by atoms with Crippen LogP contribution in [0.2, 0.25) is 5.02 Å². The Kier molecular flexibility index (Phi) is 4.15. The summed E-state index contributed by atoms with van der Waals surface area (Å²) in [5.74, 6) is 0. The van der Waals surface area contributed by atoms with Crippen molar-refractivity contribution in [3.8, 4) is 0 Å². The highest BCUT2D eigenvalue weighted by Crippen LogP contribution is 2.22. The van der Waals surface area contributed by atoms with Crippen LogP contribution >= 0.6 is 27.5 Å². The molecule has 0 saturated carbocycles. The third-order valence-corrected chi connectivity index (χ3v) is 3.09. The van der Waals surface area contributed by atoms with Gasteiger partial charge in [0.1, 0.15) is 0 Å². The smallest absolute Gasteiger partial charge is 0.0831 e. The summed E-state index contributed by atoms with van der Waals surface area (Å²) < 4.78 is 0.910. The lowest BCUT2D eigenvalue weighted by Crippen LogP contribution is -2.02. The predicted octanol–water partition coefficient (Wildman–Crippen LogP) is 3.77. The molecule has 2 rings (SSSR count). The van der Waals surface area contributed by atoms with Gasteiger partial charge in [-0.15, -0.1) is 0 Å². The van der Waals surface area contributed by atoms with Gasteiger partial charge in [0.2, 0.25) is 0 Å². The number of pyridine rings is 1. The molecule has 1 aromatic carbocycles. The predicted molar refractivity (Wildman–Crippen MR) is 72.1 cm³/mol. The number of rotatable bonds is 3. The van der Waals surface area contributed by atoms with Gasteiger partial charge in [0.15, 0.2) is 0 Å². The van der Waals surface area contributed by atoms with Gasteiger partial charge in [-0.3, -0.25) is 4.98 Å². The molecular formula is C13H11BrClNO. The fourth-order valence-electron chi connectivity index (χ4n) is 1.62. The number of aromatic nitrogens is 1. The second kappa shape index (κ2) is 5.63. The second-order valence-corrected chi connectivity index (χ2v) is 5.14. The van der Waals surface area contributed by atoms with E-state index in [1.807, 2.05) is 18.2 Å². The summed E-state index contributed by atoms with van der Waals surface area (Å²) in [6.07, 6.45) is 3.42. The number of benzene rings is 1. The first-order valence-corrected chi connectivity index (χ1v) is 6.35. The highest BCUT2D eigenvalue weighted by molar-refractivity contribution is 9.10. The Morgan fingerprint density at radius 2 is 2.12 bits per heavy atom. The summed E-state index contributed by atoms with van der Waals surface area (Å²) in [5, 5.41) is 10.7. The molecule has 0 amide bonds. The molecule has 17 heavy (non-hydrogen) atoms. The van der Waals surface area contributed by atoms with Crippen LogP contribution in [0.3, 0.4) is 0 Å². The number of aliphatic hydroxyl groups excluding tert-OH is 1. The lowest BCUT2D eigenvalue weighted by Gasteiger charge is -2.11. The molecule has 2 aromatic rings. The van der Waals surface area contributed by atoms with Crippen LogP contribution in [0.25, 0.3) is 0 Å². The molecule has 1 N–H and O–H groups in total. The van der Waals surface area contributed by atoms with E-state index in [-0.39, 0.29) is 0 Å². The molecule has 88 valence electrons. The van der Waals surface area contributed by atoms with E-state index in [1.54, 1.807) is 24.5 Å². The van der Waals surface area contributed by atoms with Gasteiger partial charge in [0, 0.05) is 28.3 Å². The highest BCUT2D eigenvalue weighted by Gasteiger charge is 2.09. The molecule has 0 spiro atoms. The highest BCUT2D eigenvalue weighted by atomic mass is 79.9. The summed E-state index contributed by atoms with van der Waals surface area (Å²) in [4.78, 5) is 4.06. The SMILES string of the molecule is OC(Cc1cncc(Br)c1)c1cccc(Cl)c1. The lowest BCUT2D eigenvalue weighted by atomic mass is 10.0. The second-order valence-electron chi connectivity index (χ2n) is 3.79. The van der Waals surface area contributed by atoms with Gasteiger partial charge in [-0.05, 0) is 45.3 Å². The average Bonchev–Trinajstić information content (AvgIpc) is 2.29. The summed E-state index contributed by atoms with van der Waals surface area (Å²) in [6.45, 7) is 0. The number of hydrogen-bond donors (Lipinski definition) is 1. The van der Waals surface area contributed by atoms with Crippen molar-refractivity contribution < 1.29 is 5.11 Å². The van der Waals surface area contributed by atoms with Gasteiger partial charge in [0.05, 0.1) is 6.10 Å². The van der Waals surface area contributed by atoms with E-state index in [4.69, 9.17) is 11.6 Å². The lowest BCUT2D eigenvalue weighted by molar-refractivity contribution is 0.178. The molecule has 0 saturated heterocycles. The van der Waals surface area contributed by atoms with Crippen LogP contribution in [0, 0.1) is 0 Å². The Bertz CT molecular complexity index is 518. The normalized spacial score (nSPS) is 12.4. The molecular weight excluding hydrogens is 302 g/mol. The first-order chi connectivity index (χ1) is 8.15. The van der Waals surface area contributed by atoms with Gasteiger partial charge in [0.25, 0.3) is 0 Å². The number of halogens is 2. The first-order valence-electron chi connectivity index (χ1n) is 5.18. The van der Waals surface area contributed by atoms with E-state index in [0.717, 1.165) is 15.6 Å². The van der Waals surface area contributed by atoms with Gasteiger partial charge in [-0.2, -0.15) is 0 Å². The van der Waals surface area contributed by atoms with Crippen molar-refractivity contribution >= 4 is 27.5 Å². The van der Waals surface area contributed by atoms with Crippen LogP contribution < -0.4 is 0 Å². The molecule has 4 heteroatoms. The van der Waals surface area contributed by atoms with Crippen molar-refractivity contribution in [1.29, 1.82) is 0 Å². The molecule has 1 atom stereocenters. The maximum absolute atomic E-state index is 10.1. The van der Waals surface area contributed by atoms with Crippen LogP contribution in [-0.4, -0.2) is 10.1 Å². The van der Waals surface area contributed by atoms with Crippen molar-refractivity contribution in [1.82, 2.24) is 4.98 Å². The van der Waals surface area contributed by atoms with Crippen molar-refractivity contribution in [2.75, 3.05) is 0 Å². The van der Waals surface area contributed by atoms with E-state index in [1.165, 1.54) is 0 Å². The minimum atomic E-state index is -0.565. The monoisotopic (exact) mass is 311 g/mol. The Morgan fingerprint density at radius 1 is 1.29 bits per heavy atom. The Hall–Kier alpha value is -0.900. The third kappa shape index (κ3) is 3.53. The zero-order chi connectivity index (χ0) is 12.3. The van der Waals surface area contributed by atoms with Crippen molar-refractivity contribution in [3.05, 3.63) is 63.3 Å². The quantitative estimate of drug-likeness (QED) is 0.936. The summed E-state index contributed by atoms with van der Waals surface area (Å²) >= 11 is 9.24. The van der Waals surface area contributed by atoms with E-state index in [0.29, 0.717) is 11.4 Å². The molecule has 0 fully saturated rings. The van der Waals surface area contributed by atoms with Gasteiger partial charge in [-0.1, -0.05) is 23.7 Å². The maximum atomic E-state index is 10.1. The van der Waals surface area contributed by atoms with E-state index in [2.05, 4.69) is 20.9 Å². The average molecular weight is 313 g/mol. The van der Waals surface area contributed by atoms with E-state index >= 15 is 0 Å². The molecule has 0 radical (unpaired) electrons. The summed E-state index contributed by atoms with van der Waals surface area (Å²) in [7, 11) is 0. The Labute approximate surface area is 113 Å². The molecule has 0 aliphatic heterocycles. The number of nitrogens with zero attached hydrogens (tertiary/aromatic N) is 1. The van der Waals surface area contributed by atoms with Gasteiger partial charge >= 0.3 is 0 Å². The standard InChI is InChI=1S/C13H11BrClNO/c14-11-4-9(7-16-8-11)5-13(17)10-2-1-3-12(15)6-10/h1-4,6-8,13,17H,5H2. The van der Waals surface area contributed by atoms with Crippen molar-refractivity contribution in [2.45, 2.75) is 12.5 Å². The van der Waals surface area contributed by atoms with Gasteiger partial charge in [-0.25, -0.2) is 0 Å². The van der Waals surface area contributed by atoms with Gasteiger partial charge < -0.3 is 5.11 Å². The fourth-order valence-corrected chi connectivity index (χ4v) is 2.23. The zero-order valence-corrected chi connectivity index (χ0v) is 11.3. The Balaban J connectivity index is 2.14. The van der Waals surface area contributed by atoms with Crippen molar-refractivity contribution in [3.63, 3.8) is 0 Å². The largest absolute Gasteiger partial charge is 0.388 e. The maximum Gasteiger partial charge on any atom is 0.0831 e. The molecule has 1 aromatic heterocycles. The first kappa shape index (κ1) is 12.6. The summed E-state index contributed by atoms with van der Waals surface area (Å²) in [5.41, 5.74) is 1.80. The summed E-state index contributed by atoms with van der Waals surface area (Å²) in [6, 6.07) is 9.21. The fraction of sp³-hybridized carbons (Fsp3) is 0.154. The van der Waals surface area contributed by atoms with Crippen LogP contribution in [0.1, 0.15) is 17.2 Å². The zero-order valence-electron chi connectivity index (χ0n) is 8.98. The molecule has 1 unspecified atom stereocenters. The minimum Gasteiger partial charge on any atom is -0.388 e.